The molecule has 2 aromatic carbocycles. The maximum atomic E-state index is 13.5. The number of rotatable bonds is 5. The fraction of sp³-hybridized carbons (Fsp3) is 0.316. The van der Waals surface area contributed by atoms with Crippen molar-refractivity contribution >= 4 is 5.97 Å². The standard InChI is InChI=1S/C19H19FO4/c1-22-19-17(20)11-16(24-19)12-23-18(21)15-9-7-14(8-10-15)13-5-3-2-4-6-13/h2-10,16-17,19H,11-12H2,1H3/t16-,17-,19?/m0/s1. The fourth-order valence-corrected chi connectivity index (χ4v) is 2.68. The Balaban J connectivity index is 1.56. The number of ether oxygens (including phenoxy) is 3. The van der Waals surface area contributed by atoms with Crippen LogP contribution in [0.2, 0.25) is 0 Å². The Bertz CT molecular complexity index is 672. The summed E-state index contributed by atoms with van der Waals surface area (Å²) in [5.41, 5.74) is 2.55. The topological polar surface area (TPSA) is 44.8 Å². The van der Waals surface area contributed by atoms with Gasteiger partial charge in [0.05, 0.1) is 11.7 Å². The number of alkyl halides is 1. The summed E-state index contributed by atoms with van der Waals surface area (Å²) in [6.07, 6.45) is -2.38. The number of hydrogen-bond acceptors (Lipinski definition) is 4. The van der Waals surface area contributed by atoms with Crippen LogP contribution in [-0.2, 0) is 14.2 Å². The second-order valence-corrected chi connectivity index (χ2v) is 5.66. The fourth-order valence-electron chi connectivity index (χ4n) is 2.68. The summed E-state index contributed by atoms with van der Waals surface area (Å²) in [6, 6.07) is 17.1. The molecule has 1 unspecified atom stereocenters. The third-order valence-corrected chi connectivity index (χ3v) is 3.97. The van der Waals surface area contributed by atoms with Gasteiger partial charge in [-0.2, -0.15) is 0 Å². The van der Waals surface area contributed by atoms with E-state index in [0.717, 1.165) is 11.1 Å². The zero-order valence-corrected chi connectivity index (χ0v) is 13.4. The van der Waals surface area contributed by atoms with Crippen LogP contribution < -0.4 is 0 Å². The number of hydrogen-bond donors (Lipinski definition) is 0. The highest BCUT2D eigenvalue weighted by atomic mass is 19.1. The van der Waals surface area contributed by atoms with Gasteiger partial charge in [0.25, 0.3) is 0 Å². The smallest absolute Gasteiger partial charge is 0.338 e. The third kappa shape index (κ3) is 3.80. The summed E-state index contributed by atoms with van der Waals surface area (Å²) >= 11 is 0. The lowest BCUT2D eigenvalue weighted by molar-refractivity contribution is -0.141. The molecule has 0 aromatic heterocycles. The van der Waals surface area contributed by atoms with Gasteiger partial charge in [0.2, 0.25) is 0 Å². The van der Waals surface area contributed by atoms with Gasteiger partial charge in [-0.25, -0.2) is 9.18 Å². The average Bonchev–Trinajstić information content (AvgIpc) is 3.00. The normalized spacial score (nSPS) is 23.2. The number of esters is 1. The molecule has 1 fully saturated rings. The number of carbonyl (C=O) groups is 1. The average molecular weight is 330 g/mol. The van der Waals surface area contributed by atoms with Crippen LogP contribution in [0.15, 0.2) is 54.6 Å². The molecule has 4 nitrogen and oxygen atoms in total. The molecule has 0 saturated carbocycles. The minimum absolute atomic E-state index is 0.0134. The largest absolute Gasteiger partial charge is 0.459 e. The van der Waals surface area contributed by atoms with E-state index in [0.29, 0.717) is 5.56 Å². The first kappa shape index (κ1) is 16.6. The Hall–Kier alpha value is -2.24. The van der Waals surface area contributed by atoms with Gasteiger partial charge in [-0.15, -0.1) is 0 Å². The lowest BCUT2D eigenvalue weighted by atomic mass is 10.0. The van der Waals surface area contributed by atoms with Gasteiger partial charge in [0, 0.05) is 13.5 Å². The summed E-state index contributed by atoms with van der Waals surface area (Å²) in [7, 11) is 1.39. The highest BCUT2D eigenvalue weighted by Crippen LogP contribution is 2.24. The van der Waals surface area contributed by atoms with E-state index in [1.165, 1.54) is 7.11 Å². The second kappa shape index (κ2) is 7.55. The lowest BCUT2D eigenvalue weighted by Crippen LogP contribution is -2.21. The molecule has 0 spiro atoms. The maximum absolute atomic E-state index is 13.5. The number of methoxy groups -OCH3 is 1. The Labute approximate surface area is 140 Å². The van der Waals surface area contributed by atoms with Crippen LogP contribution in [0.4, 0.5) is 4.39 Å². The van der Waals surface area contributed by atoms with E-state index in [4.69, 9.17) is 14.2 Å². The molecule has 1 aliphatic heterocycles. The number of carbonyl (C=O) groups excluding carboxylic acids is 1. The van der Waals surface area contributed by atoms with E-state index in [1.807, 2.05) is 42.5 Å². The Morgan fingerprint density at radius 1 is 1.12 bits per heavy atom. The maximum Gasteiger partial charge on any atom is 0.338 e. The predicted molar refractivity (Wildman–Crippen MR) is 87.3 cm³/mol. The minimum Gasteiger partial charge on any atom is -0.459 e. The highest BCUT2D eigenvalue weighted by Gasteiger charge is 2.36. The van der Waals surface area contributed by atoms with Gasteiger partial charge in [-0.1, -0.05) is 42.5 Å². The van der Waals surface area contributed by atoms with Crippen LogP contribution in [0.5, 0.6) is 0 Å². The molecular weight excluding hydrogens is 311 g/mol. The van der Waals surface area contributed by atoms with Crippen LogP contribution in [0.25, 0.3) is 11.1 Å². The van der Waals surface area contributed by atoms with Crippen molar-refractivity contribution < 1.29 is 23.4 Å². The van der Waals surface area contributed by atoms with Crippen molar-refractivity contribution in [3.8, 4) is 11.1 Å². The van der Waals surface area contributed by atoms with Crippen molar-refractivity contribution in [1.82, 2.24) is 0 Å². The van der Waals surface area contributed by atoms with Crippen LogP contribution in [0, 0.1) is 0 Å². The van der Waals surface area contributed by atoms with Crippen molar-refractivity contribution in [1.29, 1.82) is 0 Å². The molecule has 1 aliphatic rings. The molecule has 5 heteroatoms. The molecule has 0 N–H and O–H groups in total. The Kier molecular flexibility index (Phi) is 5.23. The molecule has 1 heterocycles. The van der Waals surface area contributed by atoms with E-state index in [9.17, 15) is 9.18 Å². The van der Waals surface area contributed by atoms with Crippen LogP contribution in [0.3, 0.4) is 0 Å². The third-order valence-electron chi connectivity index (χ3n) is 3.97. The van der Waals surface area contributed by atoms with E-state index >= 15 is 0 Å². The zero-order chi connectivity index (χ0) is 16.9. The first-order valence-electron chi connectivity index (χ1n) is 7.82. The number of benzene rings is 2. The van der Waals surface area contributed by atoms with Gasteiger partial charge in [0.15, 0.2) is 12.5 Å². The first-order chi connectivity index (χ1) is 11.7. The molecule has 2 aromatic rings. The summed E-state index contributed by atoms with van der Waals surface area (Å²) in [5.74, 6) is -0.450. The quantitative estimate of drug-likeness (QED) is 0.786. The molecule has 3 atom stereocenters. The molecule has 0 bridgehead atoms. The second-order valence-electron chi connectivity index (χ2n) is 5.66. The molecule has 0 radical (unpaired) electrons. The zero-order valence-electron chi connectivity index (χ0n) is 13.4. The molecule has 0 amide bonds. The van der Waals surface area contributed by atoms with Gasteiger partial charge in [-0.05, 0) is 23.3 Å². The summed E-state index contributed by atoms with van der Waals surface area (Å²) in [6.45, 7) is 0.0134. The van der Waals surface area contributed by atoms with E-state index in [1.54, 1.807) is 12.1 Å². The van der Waals surface area contributed by atoms with Crippen molar-refractivity contribution in [2.24, 2.45) is 0 Å². The van der Waals surface area contributed by atoms with Crippen molar-refractivity contribution in [2.75, 3.05) is 13.7 Å². The highest BCUT2D eigenvalue weighted by molar-refractivity contribution is 5.90. The van der Waals surface area contributed by atoms with E-state index in [-0.39, 0.29) is 13.0 Å². The van der Waals surface area contributed by atoms with Crippen LogP contribution in [-0.4, -0.2) is 38.3 Å². The van der Waals surface area contributed by atoms with Crippen LogP contribution >= 0.6 is 0 Å². The van der Waals surface area contributed by atoms with Gasteiger partial charge < -0.3 is 14.2 Å². The summed E-state index contributed by atoms with van der Waals surface area (Å²) in [5, 5.41) is 0. The first-order valence-corrected chi connectivity index (χ1v) is 7.82. The van der Waals surface area contributed by atoms with Gasteiger partial charge >= 0.3 is 5.97 Å². The lowest BCUT2D eigenvalue weighted by Gasteiger charge is -2.12. The molecule has 0 aliphatic carbocycles. The summed E-state index contributed by atoms with van der Waals surface area (Å²) < 4.78 is 28.9. The molecule has 126 valence electrons. The van der Waals surface area contributed by atoms with Crippen molar-refractivity contribution in [3.63, 3.8) is 0 Å². The van der Waals surface area contributed by atoms with Crippen molar-refractivity contribution in [2.45, 2.75) is 25.0 Å². The van der Waals surface area contributed by atoms with E-state index in [2.05, 4.69) is 0 Å². The minimum atomic E-state index is -1.19. The predicted octanol–water partition coefficient (Wildman–Crippen LogP) is 3.61. The summed E-state index contributed by atoms with van der Waals surface area (Å²) in [4.78, 5) is 12.1. The molecular formula is C19H19FO4. The van der Waals surface area contributed by atoms with E-state index < -0.39 is 24.5 Å². The Morgan fingerprint density at radius 3 is 2.42 bits per heavy atom. The van der Waals surface area contributed by atoms with Crippen molar-refractivity contribution in [3.05, 3.63) is 60.2 Å². The van der Waals surface area contributed by atoms with Gasteiger partial charge in [-0.3, -0.25) is 0 Å². The number of halogens is 1. The monoisotopic (exact) mass is 330 g/mol. The molecule has 3 rings (SSSR count). The van der Waals surface area contributed by atoms with Crippen LogP contribution in [0.1, 0.15) is 16.8 Å². The molecule has 24 heavy (non-hydrogen) atoms. The molecule has 1 saturated heterocycles. The van der Waals surface area contributed by atoms with Gasteiger partial charge in [0.1, 0.15) is 6.61 Å². The SMILES string of the molecule is COC1O[C@H](COC(=O)c2ccc(-c3ccccc3)cc2)C[C@@H]1F. The Morgan fingerprint density at radius 2 is 1.79 bits per heavy atom.